The normalized spacial score (nSPS) is 26.8. The van der Waals surface area contributed by atoms with Crippen LogP contribution in [0.15, 0.2) is 30.1 Å². The summed E-state index contributed by atoms with van der Waals surface area (Å²) in [5.41, 5.74) is 3.50. The van der Waals surface area contributed by atoms with Gasteiger partial charge in [0.05, 0.1) is 17.4 Å². The van der Waals surface area contributed by atoms with Gasteiger partial charge in [-0.1, -0.05) is 19.1 Å². The fraction of sp³-hybridized carbons (Fsp3) is 0.656. The van der Waals surface area contributed by atoms with Gasteiger partial charge in [0.1, 0.15) is 17.8 Å². The average molecular weight is 554 g/mol. The number of allylic oxidation sites excluding steroid dienone is 2. The van der Waals surface area contributed by atoms with Gasteiger partial charge in [0.2, 0.25) is 5.91 Å². The molecule has 0 bridgehead atoms. The summed E-state index contributed by atoms with van der Waals surface area (Å²) in [6.07, 6.45) is 3.14. The third-order valence-corrected chi connectivity index (χ3v) is 9.51. The second-order valence-corrected chi connectivity index (χ2v) is 13.1. The van der Waals surface area contributed by atoms with Crippen LogP contribution in [-0.4, -0.2) is 68.4 Å². The number of hydrogen-bond acceptors (Lipinski definition) is 4. The molecule has 40 heavy (non-hydrogen) atoms. The summed E-state index contributed by atoms with van der Waals surface area (Å²) in [7, 11) is 0. The average Bonchev–Trinajstić information content (AvgIpc) is 3.53. The molecule has 2 aliphatic heterocycles. The Balaban J connectivity index is 1.31. The highest BCUT2D eigenvalue weighted by molar-refractivity contribution is 5.80. The van der Waals surface area contributed by atoms with E-state index >= 15 is 4.39 Å². The molecule has 0 spiro atoms. The zero-order chi connectivity index (χ0) is 28.8. The molecule has 5 rings (SSSR count). The van der Waals surface area contributed by atoms with E-state index in [1.807, 2.05) is 16.5 Å². The fourth-order valence-corrected chi connectivity index (χ4v) is 7.03. The van der Waals surface area contributed by atoms with Crippen molar-refractivity contribution in [1.82, 2.24) is 24.6 Å². The fourth-order valence-electron chi connectivity index (χ4n) is 7.03. The number of halogens is 2. The second-order valence-electron chi connectivity index (χ2n) is 13.1. The summed E-state index contributed by atoms with van der Waals surface area (Å²) in [5.74, 6) is 0.997. The number of aryl methyl sites for hydroxylation is 3. The number of amides is 1. The summed E-state index contributed by atoms with van der Waals surface area (Å²) in [6, 6.07) is 6.47. The lowest BCUT2D eigenvalue weighted by Gasteiger charge is -2.36. The summed E-state index contributed by atoms with van der Waals surface area (Å²) in [4.78, 5) is 23.1. The van der Waals surface area contributed by atoms with Crippen molar-refractivity contribution >= 4 is 5.91 Å². The van der Waals surface area contributed by atoms with Crippen molar-refractivity contribution in [2.24, 2.45) is 17.8 Å². The number of carbonyl (C=O) groups is 1. The number of piperidine rings is 1. The predicted octanol–water partition coefficient (Wildman–Crippen LogP) is 6.10. The third-order valence-electron chi connectivity index (χ3n) is 9.51. The maximum atomic E-state index is 15.1. The Morgan fingerprint density at radius 2 is 1.82 bits per heavy atom. The van der Waals surface area contributed by atoms with Gasteiger partial charge < -0.3 is 4.90 Å². The van der Waals surface area contributed by atoms with Gasteiger partial charge in [0, 0.05) is 44.1 Å². The summed E-state index contributed by atoms with van der Waals surface area (Å²) in [6.45, 7) is 15.3. The number of alkyl halides is 1. The van der Waals surface area contributed by atoms with Gasteiger partial charge in [-0.3, -0.25) is 9.69 Å². The van der Waals surface area contributed by atoms with Crippen molar-refractivity contribution < 1.29 is 13.6 Å². The first kappa shape index (κ1) is 28.9. The lowest BCUT2D eigenvalue weighted by molar-refractivity contribution is -0.138. The van der Waals surface area contributed by atoms with E-state index in [0.717, 1.165) is 36.6 Å². The molecule has 0 radical (unpaired) electrons. The maximum Gasteiger partial charge on any atom is 0.227 e. The Labute approximate surface area is 237 Å². The van der Waals surface area contributed by atoms with Crippen LogP contribution >= 0.6 is 0 Å². The number of likely N-dealkylation sites (tertiary alicyclic amines) is 2. The quantitative estimate of drug-likeness (QED) is 0.449. The molecule has 2 aromatic rings. The van der Waals surface area contributed by atoms with Gasteiger partial charge >= 0.3 is 0 Å². The van der Waals surface area contributed by atoms with Crippen molar-refractivity contribution in [2.75, 3.05) is 26.2 Å². The number of hydrogen-bond donors (Lipinski definition) is 0. The molecule has 1 aromatic carbocycles. The summed E-state index contributed by atoms with van der Waals surface area (Å²) in [5, 5.41) is 4.73. The minimum Gasteiger partial charge on any atom is -0.342 e. The van der Waals surface area contributed by atoms with Crippen molar-refractivity contribution in [3.8, 4) is 5.69 Å². The van der Waals surface area contributed by atoms with Crippen LogP contribution in [0.3, 0.4) is 0 Å². The molecular formula is C32H45F2N5O. The highest BCUT2D eigenvalue weighted by Crippen LogP contribution is 2.42. The topological polar surface area (TPSA) is 54.3 Å². The van der Waals surface area contributed by atoms with E-state index in [2.05, 4.69) is 57.7 Å². The molecule has 0 saturated carbocycles. The minimum atomic E-state index is -1.24. The smallest absolute Gasteiger partial charge is 0.227 e. The molecule has 1 aliphatic carbocycles. The van der Waals surface area contributed by atoms with Crippen molar-refractivity contribution in [3.05, 3.63) is 52.9 Å². The van der Waals surface area contributed by atoms with Gasteiger partial charge in [0.25, 0.3) is 0 Å². The van der Waals surface area contributed by atoms with Gasteiger partial charge in [-0.15, -0.1) is 0 Å². The molecule has 0 N–H and O–H groups in total. The van der Waals surface area contributed by atoms with E-state index in [-0.39, 0.29) is 47.4 Å². The lowest BCUT2D eigenvalue weighted by Crippen LogP contribution is -2.46. The number of carbonyl (C=O) groups excluding carboxylic acids is 1. The van der Waals surface area contributed by atoms with Gasteiger partial charge in [-0.2, -0.15) is 5.10 Å². The van der Waals surface area contributed by atoms with Crippen LogP contribution in [0.25, 0.3) is 5.69 Å². The van der Waals surface area contributed by atoms with Crippen LogP contribution in [-0.2, 0) is 11.2 Å². The van der Waals surface area contributed by atoms with Gasteiger partial charge in [-0.05, 0) is 95.4 Å². The Hall–Kier alpha value is -2.61. The largest absolute Gasteiger partial charge is 0.342 e. The van der Waals surface area contributed by atoms with Crippen LogP contribution in [0.4, 0.5) is 8.78 Å². The van der Waals surface area contributed by atoms with Crippen molar-refractivity contribution in [3.63, 3.8) is 0 Å². The van der Waals surface area contributed by atoms with Crippen LogP contribution < -0.4 is 0 Å². The monoisotopic (exact) mass is 553 g/mol. The molecular weight excluding hydrogens is 508 g/mol. The van der Waals surface area contributed by atoms with Gasteiger partial charge in [0.15, 0.2) is 0 Å². The van der Waals surface area contributed by atoms with E-state index in [1.54, 1.807) is 0 Å². The molecule has 8 heteroatoms. The lowest BCUT2D eigenvalue weighted by atomic mass is 9.75. The van der Waals surface area contributed by atoms with Crippen LogP contribution in [0.1, 0.15) is 82.1 Å². The zero-order valence-corrected chi connectivity index (χ0v) is 25.0. The first-order chi connectivity index (χ1) is 19.0. The first-order valence-corrected chi connectivity index (χ1v) is 15.0. The number of nitrogens with zero attached hydrogens (tertiary/aromatic N) is 5. The van der Waals surface area contributed by atoms with Crippen LogP contribution in [0, 0.1) is 31.6 Å². The van der Waals surface area contributed by atoms with Gasteiger partial charge in [-0.25, -0.2) is 18.4 Å². The van der Waals surface area contributed by atoms with Crippen LogP contribution in [0.5, 0.6) is 0 Å². The molecule has 6 nitrogen and oxygen atoms in total. The molecule has 4 atom stereocenters. The van der Waals surface area contributed by atoms with Crippen LogP contribution in [0.2, 0.25) is 0 Å². The summed E-state index contributed by atoms with van der Waals surface area (Å²) < 4.78 is 30.9. The molecule has 1 aromatic heterocycles. The number of benzene rings is 1. The molecule has 218 valence electrons. The molecule has 1 amide bonds. The maximum absolute atomic E-state index is 15.1. The number of aromatic nitrogens is 3. The highest BCUT2D eigenvalue weighted by atomic mass is 19.1. The summed E-state index contributed by atoms with van der Waals surface area (Å²) >= 11 is 0. The van der Waals surface area contributed by atoms with E-state index in [1.165, 1.54) is 17.2 Å². The van der Waals surface area contributed by atoms with E-state index in [4.69, 9.17) is 10.1 Å². The molecule has 2 fully saturated rings. The van der Waals surface area contributed by atoms with E-state index < -0.39 is 6.17 Å². The third kappa shape index (κ3) is 5.74. The second kappa shape index (κ2) is 11.3. The van der Waals surface area contributed by atoms with E-state index in [0.29, 0.717) is 32.6 Å². The minimum absolute atomic E-state index is 0.108. The molecule has 3 heterocycles. The molecule has 2 saturated heterocycles. The Morgan fingerprint density at radius 1 is 1.10 bits per heavy atom. The zero-order valence-electron chi connectivity index (χ0n) is 25.0. The predicted molar refractivity (Wildman–Crippen MR) is 154 cm³/mol. The number of rotatable bonds is 5. The Kier molecular flexibility index (Phi) is 8.20. The standard InChI is InChI=1S/C32H45F2N5O/c1-7-22-8-10-25(16-20(22)2)39-30(35-21(3)36-39)23-12-14-37(15-13-23)31(40)28-19-38(32(4,5)6)18-27(28)26-11-9-24(33)17-29(26)34/h8-10,16,23,26-29H,7,11-15,17-19H2,1-6H3. The first-order valence-electron chi connectivity index (χ1n) is 15.0. The highest BCUT2D eigenvalue weighted by Gasteiger charge is 2.48. The molecule has 3 aliphatic rings. The van der Waals surface area contributed by atoms with Crippen molar-refractivity contribution in [2.45, 2.75) is 91.3 Å². The van der Waals surface area contributed by atoms with Crippen molar-refractivity contribution in [1.29, 1.82) is 0 Å². The molecule has 4 unspecified atom stereocenters. The van der Waals surface area contributed by atoms with E-state index in [9.17, 15) is 9.18 Å². The Morgan fingerprint density at radius 3 is 2.45 bits per heavy atom. The SMILES string of the molecule is CCc1ccc(-n2nc(C)nc2C2CCN(C(=O)C3CN(C(C)(C)C)CC3C3CC=C(F)CC3F)CC2)cc1C. The Bertz CT molecular complexity index is 1260.